The van der Waals surface area contributed by atoms with Gasteiger partial charge in [0.1, 0.15) is 6.10 Å². The Balaban J connectivity index is 1.07. The van der Waals surface area contributed by atoms with Gasteiger partial charge in [-0.25, -0.2) is 9.78 Å². The van der Waals surface area contributed by atoms with Crippen LogP contribution in [-0.2, 0) is 4.74 Å². The number of ether oxygens (including phenoxy) is 1. The largest absolute Gasteiger partial charge is 0.446 e. The normalized spacial score (nSPS) is 36.0. The topological polar surface area (TPSA) is 98.5 Å². The van der Waals surface area contributed by atoms with Gasteiger partial charge in [0, 0.05) is 19.1 Å². The van der Waals surface area contributed by atoms with E-state index in [1.54, 1.807) is 11.0 Å². The number of nitriles is 1. The van der Waals surface area contributed by atoms with Crippen LogP contribution in [0.15, 0.2) is 18.2 Å². The molecule has 2 unspecified atom stereocenters. The number of nitrogens with one attached hydrogen (secondary N) is 1. The molecule has 0 spiro atoms. The van der Waals surface area contributed by atoms with Gasteiger partial charge in [0.2, 0.25) is 0 Å². The molecule has 5 fully saturated rings. The monoisotopic (exact) mass is 438 g/mol. The third-order valence-corrected chi connectivity index (χ3v) is 8.63. The number of amides is 1. The van der Waals surface area contributed by atoms with Crippen molar-refractivity contribution in [1.82, 2.24) is 9.88 Å². The number of carbonyl (C=O) groups excluding carboxylic acids is 1. The fourth-order valence-corrected chi connectivity index (χ4v) is 7.57. The second-order valence-electron chi connectivity index (χ2n) is 9.93. The van der Waals surface area contributed by atoms with Crippen LogP contribution >= 0.6 is 11.3 Å². The molecule has 162 valence electrons. The van der Waals surface area contributed by atoms with Crippen molar-refractivity contribution in [3.05, 3.63) is 23.8 Å². The molecule has 1 saturated heterocycles. The quantitative estimate of drug-likeness (QED) is 0.758. The van der Waals surface area contributed by atoms with E-state index in [1.807, 2.05) is 12.1 Å². The van der Waals surface area contributed by atoms with Crippen LogP contribution < -0.4 is 5.32 Å². The van der Waals surface area contributed by atoms with Gasteiger partial charge in [-0.05, 0) is 74.5 Å². The molecular formula is C23H26N4O3S. The number of thiazole rings is 1. The number of aliphatic hydroxyl groups is 1. The molecule has 3 atom stereocenters. The first kappa shape index (κ1) is 19.3. The summed E-state index contributed by atoms with van der Waals surface area (Å²) >= 11 is 1.54. The first-order chi connectivity index (χ1) is 15.0. The molecule has 7 rings (SSSR count). The van der Waals surface area contributed by atoms with E-state index in [-0.39, 0.29) is 18.2 Å². The van der Waals surface area contributed by atoms with Crippen molar-refractivity contribution in [1.29, 1.82) is 5.26 Å². The lowest BCUT2D eigenvalue weighted by Crippen LogP contribution is -2.58. The minimum atomic E-state index is -0.507. The molecule has 2 aromatic rings. The highest BCUT2D eigenvalue weighted by molar-refractivity contribution is 7.22. The minimum Gasteiger partial charge on any atom is -0.446 e. The smallest absolute Gasteiger partial charge is 0.410 e. The number of carbonyl (C=O) groups is 1. The molecule has 4 bridgehead atoms. The zero-order valence-corrected chi connectivity index (χ0v) is 18.1. The fraction of sp³-hybridized carbons (Fsp3) is 0.609. The molecule has 7 nitrogen and oxygen atoms in total. The van der Waals surface area contributed by atoms with Crippen molar-refractivity contribution in [3.63, 3.8) is 0 Å². The van der Waals surface area contributed by atoms with E-state index >= 15 is 0 Å². The molecular weight excluding hydrogens is 412 g/mol. The van der Waals surface area contributed by atoms with Crippen molar-refractivity contribution in [2.45, 2.75) is 56.3 Å². The molecule has 1 amide bonds. The van der Waals surface area contributed by atoms with Gasteiger partial charge in [0.25, 0.3) is 0 Å². The number of anilines is 1. The van der Waals surface area contributed by atoms with Crippen molar-refractivity contribution in [3.8, 4) is 6.07 Å². The summed E-state index contributed by atoms with van der Waals surface area (Å²) in [5, 5.41) is 24.1. The second-order valence-corrected chi connectivity index (χ2v) is 11.0. The summed E-state index contributed by atoms with van der Waals surface area (Å²) in [6, 6.07) is 7.81. The average Bonchev–Trinajstić information content (AvgIpc) is 3.35. The number of rotatable bonds is 3. The lowest BCUT2D eigenvalue weighted by molar-refractivity contribution is -0.177. The fourth-order valence-electron chi connectivity index (χ4n) is 6.59. The standard InChI is InChI=1S/C23H26N4O3S/c24-11-13-1-2-18-19(7-13)31-21(26-18)25-17-3-4-27(12-17)22(28)30-20-15-5-14-6-16(20)10-23(29,8-14)9-15/h1-2,7,14-17,20,29H,3-6,8-10,12H2,(H,25,26)/t14?,15?,16?,17-,20-,23-/m1/s1. The highest BCUT2D eigenvalue weighted by Gasteiger charge is 2.56. The van der Waals surface area contributed by atoms with E-state index < -0.39 is 5.60 Å². The number of likely N-dealkylation sites (tertiary alicyclic amines) is 1. The number of fused-ring (bicyclic) bond motifs is 1. The molecule has 2 N–H and O–H groups in total. The van der Waals surface area contributed by atoms with Crippen LogP contribution in [0.3, 0.4) is 0 Å². The first-order valence-electron chi connectivity index (χ1n) is 11.2. The van der Waals surface area contributed by atoms with Gasteiger partial charge in [0.15, 0.2) is 5.13 Å². The summed E-state index contributed by atoms with van der Waals surface area (Å²) in [6.07, 6.45) is 5.29. The van der Waals surface area contributed by atoms with Crippen LogP contribution in [0.2, 0.25) is 0 Å². The average molecular weight is 439 g/mol. The van der Waals surface area contributed by atoms with E-state index in [0.717, 1.165) is 53.9 Å². The van der Waals surface area contributed by atoms with Crippen LogP contribution in [0.5, 0.6) is 0 Å². The van der Waals surface area contributed by atoms with E-state index in [0.29, 0.717) is 36.4 Å². The van der Waals surface area contributed by atoms with Crippen molar-refractivity contribution >= 4 is 32.8 Å². The van der Waals surface area contributed by atoms with Gasteiger partial charge in [-0.3, -0.25) is 0 Å². The van der Waals surface area contributed by atoms with Crippen LogP contribution in [-0.4, -0.2) is 51.9 Å². The molecule has 8 heteroatoms. The van der Waals surface area contributed by atoms with Crippen LogP contribution in [0.25, 0.3) is 10.2 Å². The van der Waals surface area contributed by atoms with Crippen molar-refractivity contribution < 1.29 is 14.6 Å². The lowest BCUT2D eigenvalue weighted by atomic mass is 9.53. The molecule has 0 radical (unpaired) electrons. The Labute approximate surface area is 185 Å². The van der Waals surface area contributed by atoms with Gasteiger partial charge in [-0.1, -0.05) is 11.3 Å². The predicted octanol–water partition coefficient (Wildman–Crippen LogP) is 3.73. The Kier molecular flexibility index (Phi) is 4.41. The maximum Gasteiger partial charge on any atom is 0.410 e. The molecule has 1 aromatic heterocycles. The summed E-state index contributed by atoms with van der Waals surface area (Å²) in [4.78, 5) is 19.3. The Bertz CT molecular complexity index is 1060. The highest BCUT2D eigenvalue weighted by atomic mass is 32.1. The lowest BCUT2D eigenvalue weighted by Gasteiger charge is -2.57. The van der Waals surface area contributed by atoms with Crippen molar-refractivity contribution in [2.24, 2.45) is 17.8 Å². The van der Waals surface area contributed by atoms with Crippen LogP contribution in [0.4, 0.5) is 9.93 Å². The predicted molar refractivity (Wildman–Crippen MR) is 117 cm³/mol. The molecule has 1 aromatic carbocycles. The Hall–Kier alpha value is -2.37. The molecule has 4 saturated carbocycles. The molecule has 2 heterocycles. The molecule has 1 aliphatic heterocycles. The summed E-state index contributed by atoms with van der Waals surface area (Å²) in [5.41, 5.74) is 1.01. The number of benzene rings is 1. The van der Waals surface area contributed by atoms with E-state index in [2.05, 4.69) is 16.4 Å². The number of hydrogen-bond donors (Lipinski definition) is 2. The zero-order chi connectivity index (χ0) is 21.2. The molecule has 4 aliphatic carbocycles. The first-order valence-corrected chi connectivity index (χ1v) is 12.0. The van der Waals surface area contributed by atoms with Crippen LogP contribution in [0.1, 0.15) is 44.1 Å². The van der Waals surface area contributed by atoms with Crippen molar-refractivity contribution in [2.75, 3.05) is 18.4 Å². The van der Waals surface area contributed by atoms with Gasteiger partial charge in [0.05, 0.1) is 27.5 Å². The highest BCUT2D eigenvalue weighted by Crippen LogP contribution is 2.56. The van der Waals surface area contributed by atoms with E-state index in [9.17, 15) is 9.90 Å². The summed E-state index contributed by atoms with van der Waals surface area (Å²) < 4.78 is 7.02. The third-order valence-electron chi connectivity index (χ3n) is 7.68. The summed E-state index contributed by atoms with van der Waals surface area (Å²) in [7, 11) is 0. The van der Waals surface area contributed by atoms with Gasteiger partial charge >= 0.3 is 6.09 Å². The van der Waals surface area contributed by atoms with E-state index in [4.69, 9.17) is 10.00 Å². The number of aromatic nitrogens is 1. The summed E-state index contributed by atoms with van der Waals surface area (Å²) in [6.45, 7) is 1.28. The SMILES string of the molecule is N#Cc1ccc2nc(N[C@@H]3CCN(C(=O)O[C@H]4C5CC6CC4C[C@](O)(C6)C5)C3)sc2c1. The van der Waals surface area contributed by atoms with Gasteiger partial charge < -0.3 is 20.1 Å². The zero-order valence-electron chi connectivity index (χ0n) is 17.3. The maximum atomic E-state index is 12.9. The number of hydrogen-bond acceptors (Lipinski definition) is 7. The third kappa shape index (κ3) is 3.44. The Morgan fingerprint density at radius 3 is 2.87 bits per heavy atom. The maximum absolute atomic E-state index is 12.9. The Morgan fingerprint density at radius 1 is 1.32 bits per heavy atom. The van der Waals surface area contributed by atoms with Gasteiger partial charge in [-0.15, -0.1) is 0 Å². The number of nitrogens with zero attached hydrogens (tertiary/aromatic N) is 3. The Morgan fingerprint density at radius 2 is 2.13 bits per heavy atom. The minimum absolute atomic E-state index is 0.0325. The molecule has 5 aliphatic rings. The van der Waals surface area contributed by atoms with Crippen LogP contribution in [0, 0.1) is 29.1 Å². The molecule has 31 heavy (non-hydrogen) atoms. The van der Waals surface area contributed by atoms with E-state index in [1.165, 1.54) is 11.3 Å². The van der Waals surface area contributed by atoms with Gasteiger partial charge in [-0.2, -0.15) is 5.26 Å². The second kappa shape index (κ2) is 7.07. The summed E-state index contributed by atoms with van der Waals surface area (Å²) in [5.74, 6) is 1.24.